The number of rotatable bonds is 6. The first-order chi connectivity index (χ1) is 7.88. The van der Waals surface area contributed by atoms with Crippen molar-refractivity contribution >= 4 is 14.1 Å². The summed E-state index contributed by atoms with van der Waals surface area (Å²) in [7, 11) is -1.78. The maximum Gasteiger partial charge on any atom is 0.192 e. The average molecular weight is 273 g/mol. The molecule has 0 heterocycles. The van der Waals surface area contributed by atoms with Gasteiger partial charge in [-0.2, -0.15) is 0 Å². The Hall–Kier alpha value is -0.153. The largest absolute Gasteiger partial charge is 0.413 e. The standard InChI is InChI=1S/C15H32O2Si/c1-11(2)13(16)10-14(12(3)4)17-18(8,9)15(5,6)7/h11-12,14H,10H2,1-9H3/t14-/m0/s1. The lowest BCUT2D eigenvalue weighted by atomic mass is 9.97. The first kappa shape index (κ1) is 17.8. The van der Waals surface area contributed by atoms with Crippen LogP contribution in [0.25, 0.3) is 0 Å². The van der Waals surface area contributed by atoms with Crippen LogP contribution >= 0.6 is 0 Å². The normalized spacial score (nSPS) is 15.3. The van der Waals surface area contributed by atoms with E-state index in [1.165, 1.54) is 0 Å². The number of carbonyl (C=O) groups is 1. The lowest BCUT2D eigenvalue weighted by molar-refractivity contribution is -0.124. The smallest absolute Gasteiger partial charge is 0.192 e. The molecule has 0 unspecified atom stereocenters. The predicted molar refractivity (Wildman–Crippen MR) is 81.4 cm³/mol. The van der Waals surface area contributed by atoms with Crippen LogP contribution in [0.1, 0.15) is 54.9 Å². The van der Waals surface area contributed by atoms with E-state index >= 15 is 0 Å². The van der Waals surface area contributed by atoms with E-state index < -0.39 is 8.32 Å². The highest BCUT2D eigenvalue weighted by atomic mass is 28.4. The molecule has 0 saturated heterocycles. The van der Waals surface area contributed by atoms with Gasteiger partial charge in [0, 0.05) is 12.3 Å². The Bertz CT molecular complexity index is 275. The van der Waals surface area contributed by atoms with Gasteiger partial charge in [-0.3, -0.25) is 4.79 Å². The number of hydrogen-bond donors (Lipinski definition) is 0. The zero-order valence-corrected chi connectivity index (χ0v) is 14.8. The van der Waals surface area contributed by atoms with Crippen LogP contribution in [-0.4, -0.2) is 20.2 Å². The molecular formula is C15H32O2Si. The minimum absolute atomic E-state index is 0.0702. The lowest BCUT2D eigenvalue weighted by Crippen LogP contribution is -2.45. The molecular weight excluding hydrogens is 240 g/mol. The summed E-state index contributed by atoms with van der Waals surface area (Å²) < 4.78 is 6.40. The second kappa shape index (κ2) is 6.33. The summed E-state index contributed by atoms with van der Waals surface area (Å²) in [5.74, 6) is 0.809. The number of carbonyl (C=O) groups excluding carboxylic acids is 1. The molecule has 0 aromatic carbocycles. The SMILES string of the molecule is CC(C)C(=O)C[C@H](O[Si](C)(C)C(C)(C)C)C(C)C. The molecule has 0 rings (SSSR count). The van der Waals surface area contributed by atoms with Crippen LogP contribution < -0.4 is 0 Å². The van der Waals surface area contributed by atoms with E-state index in [-0.39, 0.29) is 17.1 Å². The van der Waals surface area contributed by atoms with Gasteiger partial charge < -0.3 is 4.43 Å². The quantitative estimate of drug-likeness (QED) is 0.658. The van der Waals surface area contributed by atoms with Crippen molar-refractivity contribution in [3.63, 3.8) is 0 Å². The maximum absolute atomic E-state index is 11.9. The fourth-order valence-corrected chi connectivity index (χ4v) is 2.87. The number of Topliss-reactive ketones (excluding diaryl/α,β-unsaturated/α-hetero) is 1. The molecule has 0 aliphatic heterocycles. The van der Waals surface area contributed by atoms with Gasteiger partial charge in [-0.15, -0.1) is 0 Å². The molecule has 0 fully saturated rings. The molecule has 0 bridgehead atoms. The molecule has 0 amide bonds. The van der Waals surface area contributed by atoms with E-state index in [4.69, 9.17) is 4.43 Å². The van der Waals surface area contributed by atoms with Crippen molar-refractivity contribution in [2.75, 3.05) is 0 Å². The minimum Gasteiger partial charge on any atom is -0.413 e. The monoisotopic (exact) mass is 272 g/mol. The maximum atomic E-state index is 11.9. The third-order valence-electron chi connectivity index (χ3n) is 4.04. The van der Waals surface area contributed by atoms with E-state index in [1.54, 1.807) is 0 Å². The molecule has 2 nitrogen and oxygen atoms in total. The van der Waals surface area contributed by atoms with E-state index in [0.29, 0.717) is 18.1 Å². The molecule has 0 aliphatic carbocycles. The lowest BCUT2D eigenvalue weighted by Gasteiger charge is -2.40. The molecule has 0 N–H and O–H groups in total. The van der Waals surface area contributed by atoms with E-state index in [9.17, 15) is 4.79 Å². The summed E-state index contributed by atoms with van der Waals surface area (Å²) in [4.78, 5) is 11.9. The summed E-state index contributed by atoms with van der Waals surface area (Å²) in [5, 5.41) is 0.195. The molecule has 0 radical (unpaired) electrons. The van der Waals surface area contributed by atoms with Crippen LogP contribution in [0.5, 0.6) is 0 Å². The molecule has 3 heteroatoms. The molecule has 108 valence electrons. The Morgan fingerprint density at radius 3 is 1.83 bits per heavy atom. The second-order valence-electron chi connectivity index (χ2n) is 7.49. The van der Waals surface area contributed by atoms with Crippen molar-refractivity contribution < 1.29 is 9.22 Å². The second-order valence-corrected chi connectivity index (χ2v) is 12.2. The van der Waals surface area contributed by atoms with Gasteiger partial charge >= 0.3 is 0 Å². The predicted octanol–water partition coefficient (Wildman–Crippen LogP) is 4.65. The van der Waals surface area contributed by atoms with Gasteiger partial charge in [0.05, 0.1) is 6.10 Å². The molecule has 0 spiro atoms. The zero-order chi connectivity index (χ0) is 14.7. The summed E-state index contributed by atoms with van der Waals surface area (Å²) in [6.45, 7) is 19.4. The van der Waals surface area contributed by atoms with Gasteiger partial charge in [-0.25, -0.2) is 0 Å². The van der Waals surface area contributed by atoms with Gasteiger partial charge in [0.25, 0.3) is 0 Å². The van der Waals surface area contributed by atoms with Crippen LogP contribution in [0.2, 0.25) is 18.1 Å². The fourth-order valence-electron chi connectivity index (χ4n) is 1.40. The van der Waals surface area contributed by atoms with Crippen molar-refractivity contribution in [1.29, 1.82) is 0 Å². The van der Waals surface area contributed by atoms with Crippen molar-refractivity contribution in [3.05, 3.63) is 0 Å². The Labute approximate surface area is 115 Å². The summed E-state index contributed by atoms with van der Waals surface area (Å²) in [5.41, 5.74) is 0. The average Bonchev–Trinajstić information content (AvgIpc) is 2.13. The highest BCUT2D eigenvalue weighted by molar-refractivity contribution is 6.74. The van der Waals surface area contributed by atoms with Gasteiger partial charge in [-0.1, -0.05) is 48.5 Å². The van der Waals surface area contributed by atoms with Crippen LogP contribution in [-0.2, 0) is 9.22 Å². The van der Waals surface area contributed by atoms with Crippen LogP contribution in [0.3, 0.4) is 0 Å². The first-order valence-electron chi connectivity index (χ1n) is 7.09. The molecule has 0 aromatic rings. The van der Waals surface area contributed by atoms with Crippen molar-refractivity contribution in [1.82, 2.24) is 0 Å². The fraction of sp³-hybridized carbons (Fsp3) is 0.933. The van der Waals surface area contributed by atoms with Gasteiger partial charge in [-0.05, 0) is 24.1 Å². The van der Waals surface area contributed by atoms with Gasteiger partial charge in [0.15, 0.2) is 8.32 Å². The molecule has 0 aromatic heterocycles. The Balaban J connectivity index is 4.80. The zero-order valence-electron chi connectivity index (χ0n) is 13.8. The van der Waals surface area contributed by atoms with Gasteiger partial charge in [0.1, 0.15) is 5.78 Å². The highest BCUT2D eigenvalue weighted by Gasteiger charge is 2.40. The van der Waals surface area contributed by atoms with Crippen molar-refractivity contribution in [2.45, 2.75) is 79.1 Å². The van der Waals surface area contributed by atoms with Crippen LogP contribution in [0.4, 0.5) is 0 Å². The Morgan fingerprint density at radius 1 is 1.11 bits per heavy atom. The number of ketones is 1. The van der Waals surface area contributed by atoms with E-state index in [0.717, 1.165) is 0 Å². The molecule has 0 aliphatic rings. The van der Waals surface area contributed by atoms with Crippen LogP contribution in [0, 0.1) is 11.8 Å². The molecule has 18 heavy (non-hydrogen) atoms. The summed E-state index contributed by atoms with van der Waals surface area (Å²) >= 11 is 0. The van der Waals surface area contributed by atoms with E-state index in [1.807, 2.05) is 13.8 Å². The summed E-state index contributed by atoms with van der Waals surface area (Å²) in [6.07, 6.45) is 0.628. The van der Waals surface area contributed by atoms with Crippen molar-refractivity contribution in [3.8, 4) is 0 Å². The van der Waals surface area contributed by atoms with Crippen molar-refractivity contribution in [2.24, 2.45) is 11.8 Å². The third kappa shape index (κ3) is 5.23. The molecule has 0 saturated carbocycles. The van der Waals surface area contributed by atoms with Crippen LogP contribution in [0.15, 0.2) is 0 Å². The number of hydrogen-bond acceptors (Lipinski definition) is 2. The Morgan fingerprint density at radius 2 is 1.56 bits per heavy atom. The first-order valence-corrected chi connectivity index (χ1v) is 10.00. The Kier molecular flexibility index (Phi) is 6.28. The highest BCUT2D eigenvalue weighted by Crippen LogP contribution is 2.38. The van der Waals surface area contributed by atoms with E-state index in [2.05, 4.69) is 47.7 Å². The molecule has 1 atom stereocenters. The topological polar surface area (TPSA) is 26.3 Å². The third-order valence-corrected chi connectivity index (χ3v) is 8.55. The summed E-state index contributed by atoms with van der Waals surface area (Å²) in [6, 6.07) is 0. The van der Waals surface area contributed by atoms with Gasteiger partial charge in [0.2, 0.25) is 0 Å². The minimum atomic E-state index is -1.78.